The number of ether oxygens (including phenoxy) is 3. The van der Waals surface area contributed by atoms with Crippen LogP contribution in [0, 0.1) is 0 Å². The van der Waals surface area contributed by atoms with E-state index in [1.54, 1.807) is 13.8 Å². The predicted molar refractivity (Wildman–Crippen MR) is 104 cm³/mol. The first-order valence-corrected chi connectivity index (χ1v) is 9.57. The highest BCUT2D eigenvalue weighted by Crippen LogP contribution is 2.01. The molecule has 0 fully saturated rings. The van der Waals surface area contributed by atoms with Crippen LogP contribution in [0.25, 0.3) is 0 Å². The Morgan fingerprint density at radius 3 is 1.59 bits per heavy atom. The van der Waals surface area contributed by atoms with Crippen LogP contribution >= 0.6 is 0 Å². The zero-order chi connectivity index (χ0) is 25.3. The molecule has 0 aromatic heterocycles. The minimum atomic E-state index is -1.56. The van der Waals surface area contributed by atoms with Crippen LogP contribution in [-0.4, -0.2) is 94.0 Å². The number of hydrogen-bond acceptors (Lipinski definition) is 11. The summed E-state index contributed by atoms with van der Waals surface area (Å²) >= 11 is 0. The molecule has 0 amide bonds. The van der Waals surface area contributed by atoms with E-state index in [9.17, 15) is 28.8 Å². The number of Topliss-reactive ketones (excluding diaryl/α,β-unsaturated/α-hetero) is 2. The van der Waals surface area contributed by atoms with Crippen LogP contribution in [0.4, 0.5) is 0 Å². The average molecular weight is 466 g/mol. The summed E-state index contributed by atoms with van der Waals surface area (Å²) in [5.41, 5.74) is 0. The van der Waals surface area contributed by atoms with E-state index in [0.29, 0.717) is 0 Å². The fourth-order valence-corrected chi connectivity index (χ4v) is 1.60. The summed E-state index contributed by atoms with van der Waals surface area (Å²) in [4.78, 5) is 63.5. The zero-order valence-corrected chi connectivity index (χ0v) is 18.1. The van der Waals surface area contributed by atoms with Crippen molar-refractivity contribution in [2.75, 3.05) is 19.8 Å². The van der Waals surface area contributed by atoms with Crippen LogP contribution in [0.5, 0.6) is 0 Å². The van der Waals surface area contributed by atoms with E-state index in [-0.39, 0.29) is 51.6 Å². The van der Waals surface area contributed by atoms with E-state index in [4.69, 9.17) is 29.9 Å². The van der Waals surface area contributed by atoms with Gasteiger partial charge < -0.3 is 34.6 Å². The van der Waals surface area contributed by atoms with E-state index in [0.717, 1.165) is 0 Å². The molecule has 3 atom stereocenters. The molecule has 0 heterocycles. The summed E-state index contributed by atoms with van der Waals surface area (Å²) in [7, 11) is 0. The standard InChI is InChI=1S/C11H18O7.C8H12O6/c1-7(5-12)17-6-8(2)18-10(14)4-3-9(13)11(15)16;1-5(9)4-14-7(11)3-2-6(10)8(12)13/h7-8,12H,3-6H2,1-2H3,(H,15,16);5,9H,2-4H2,1H3,(H,12,13). The summed E-state index contributed by atoms with van der Waals surface area (Å²) in [6, 6.07) is 0. The molecule has 0 aliphatic heterocycles. The van der Waals surface area contributed by atoms with Crippen LogP contribution in [-0.2, 0) is 43.0 Å². The smallest absolute Gasteiger partial charge is 0.372 e. The Morgan fingerprint density at radius 2 is 1.19 bits per heavy atom. The van der Waals surface area contributed by atoms with Gasteiger partial charge in [-0.1, -0.05) is 0 Å². The molecule has 0 aliphatic rings. The van der Waals surface area contributed by atoms with Gasteiger partial charge in [0.25, 0.3) is 0 Å². The number of aliphatic hydroxyl groups is 2. The number of carbonyl (C=O) groups excluding carboxylic acids is 4. The molecule has 13 nitrogen and oxygen atoms in total. The monoisotopic (exact) mass is 466 g/mol. The van der Waals surface area contributed by atoms with Gasteiger partial charge in [-0.3, -0.25) is 19.2 Å². The Bertz CT molecular complexity index is 641. The summed E-state index contributed by atoms with van der Waals surface area (Å²) in [5.74, 6) is -6.52. The molecule has 0 aromatic rings. The third kappa shape index (κ3) is 19.1. The molecule has 0 rings (SSSR count). The van der Waals surface area contributed by atoms with Crippen molar-refractivity contribution in [1.82, 2.24) is 0 Å². The number of aliphatic hydroxyl groups excluding tert-OH is 2. The summed E-state index contributed by atoms with van der Waals surface area (Å²) < 4.78 is 14.5. The Kier molecular flexibility index (Phi) is 17.4. The van der Waals surface area contributed by atoms with Crippen LogP contribution in [0.15, 0.2) is 0 Å². The molecule has 32 heavy (non-hydrogen) atoms. The quantitative estimate of drug-likeness (QED) is 0.170. The molecular formula is C19H30O13. The average Bonchev–Trinajstić information content (AvgIpc) is 2.72. The number of hydrogen-bond donors (Lipinski definition) is 4. The van der Waals surface area contributed by atoms with Gasteiger partial charge >= 0.3 is 23.9 Å². The van der Waals surface area contributed by atoms with E-state index in [2.05, 4.69) is 4.74 Å². The molecule has 0 bridgehead atoms. The maximum absolute atomic E-state index is 11.2. The van der Waals surface area contributed by atoms with Gasteiger partial charge in [-0.25, -0.2) is 9.59 Å². The SMILES string of the molecule is CC(CO)OCC(C)OC(=O)CCC(=O)C(=O)O.CC(O)COC(=O)CCC(=O)C(=O)O. The molecule has 0 spiro atoms. The Balaban J connectivity index is 0. The minimum Gasteiger partial charge on any atom is -0.476 e. The number of ketones is 2. The first kappa shape index (κ1) is 31.3. The molecule has 0 aromatic carbocycles. The lowest BCUT2D eigenvalue weighted by Crippen LogP contribution is -2.25. The number of rotatable bonds is 15. The van der Waals surface area contributed by atoms with Crippen LogP contribution in [0.1, 0.15) is 46.5 Å². The highest BCUT2D eigenvalue weighted by Gasteiger charge is 2.17. The second-order valence-corrected chi connectivity index (χ2v) is 6.62. The van der Waals surface area contributed by atoms with Crippen molar-refractivity contribution >= 4 is 35.4 Å². The van der Waals surface area contributed by atoms with Crippen molar-refractivity contribution in [2.24, 2.45) is 0 Å². The number of carboxylic acids is 2. The molecule has 184 valence electrons. The Hall–Kier alpha value is -2.90. The summed E-state index contributed by atoms with van der Waals surface area (Å²) in [6.45, 7) is 4.55. The van der Waals surface area contributed by atoms with E-state index in [1.165, 1.54) is 6.92 Å². The van der Waals surface area contributed by atoms with E-state index < -0.39 is 47.7 Å². The zero-order valence-electron chi connectivity index (χ0n) is 18.1. The third-order valence-corrected chi connectivity index (χ3v) is 3.28. The Labute approximate surface area is 184 Å². The van der Waals surface area contributed by atoms with Crippen molar-refractivity contribution in [3.8, 4) is 0 Å². The van der Waals surface area contributed by atoms with Gasteiger partial charge in [0.2, 0.25) is 11.6 Å². The maximum atomic E-state index is 11.2. The van der Waals surface area contributed by atoms with Crippen LogP contribution in [0.3, 0.4) is 0 Å². The first-order valence-electron chi connectivity index (χ1n) is 9.57. The molecule has 4 N–H and O–H groups in total. The van der Waals surface area contributed by atoms with Crippen LogP contribution in [0.2, 0.25) is 0 Å². The lowest BCUT2D eigenvalue weighted by Gasteiger charge is -2.16. The van der Waals surface area contributed by atoms with E-state index in [1.807, 2.05) is 0 Å². The van der Waals surface area contributed by atoms with Crippen molar-refractivity contribution in [2.45, 2.75) is 64.8 Å². The molecule has 13 heteroatoms. The van der Waals surface area contributed by atoms with E-state index >= 15 is 0 Å². The van der Waals surface area contributed by atoms with Gasteiger partial charge in [0.1, 0.15) is 12.7 Å². The number of carbonyl (C=O) groups is 6. The molecule has 0 aliphatic carbocycles. The lowest BCUT2D eigenvalue weighted by atomic mass is 10.2. The van der Waals surface area contributed by atoms with Gasteiger partial charge in [0, 0.05) is 12.8 Å². The predicted octanol–water partition coefficient (Wildman–Crippen LogP) is -0.906. The second kappa shape index (κ2) is 17.7. The third-order valence-electron chi connectivity index (χ3n) is 3.28. The van der Waals surface area contributed by atoms with Gasteiger partial charge in [0.05, 0.1) is 38.3 Å². The van der Waals surface area contributed by atoms with Gasteiger partial charge in [-0.05, 0) is 20.8 Å². The second-order valence-electron chi connectivity index (χ2n) is 6.62. The largest absolute Gasteiger partial charge is 0.476 e. The molecule has 0 saturated carbocycles. The number of carboxylic acid groups (broad SMARTS) is 2. The molecule has 3 unspecified atom stereocenters. The molecular weight excluding hydrogens is 436 g/mol. The fourth-order valence-electron chi connectivity index (χ4n) is 1.60. The van der Waals surface area contributed by atoms with Gasteiger partial charge in [-0.15, -0.1) is 0 Å². The summed E-state index contributed by atoms with van der Waals surface area (Å²) in [5, 5.41) is 33.9. The fraction of sp³-hybridized carbons (Fsp3) is 0.684. The normalized spacial score (nSPS) is 12.9. The first-order chi connectivity index (χ1) is 14.8. The highest BCUT2D eigenvalue weighted by molar-refractivity contribution is 6.33. The molecule has 0 radical (unpaired) electrons. The van der Waals surface area contributed by atoms with Gasteiger partial charge in [0.15, 0.2) is 0 Å². The highest BCUT2D eigenvalue weighted by atomic mass is 16.6. The van der Waals surface area contributed by atoms with Crippen molar-refractivity contribution < 1.29 is 63.4 Å². The van der Waals surface area contributed by atoms with Crippen LogP contribution < -0.4 is 0 Å². The summed E-state index contributed by atoms with van der Waals surface area (Å²) in [6.07, 6.45) is -2.95. The lowest BCUT2D eigenvalue weighted by molar-refractivity contribution is -0.154. The number of esters is 2. The minimum absolute atomic E-state index is 0.125. The number of aliphatic carboxylic acids is 2. The van der Waals surface area contributed by atoms with Crippen molar-refractivity contribution in [3.05, 3.63) is 0 Å². The van der Waals surface area contributed by atoms with Crippen molar-refractivity contribution in [3.63, 3.8) is 0 Å². The topological polar surface area (TPSA) is 211 Å². The van der Waals surface area contributed by atoms with Gasteiger partial charge in [-0.2, -0.15) is 0 Å². The Morgan fingerprint density at radius 1 is 0.719 bits per heavy atom. The maximum Gasteiger partial charge on any atom is 0.372 e. The van der Waals surface area contributed by atoms with Crippen molar-refractivity contribution in [1.29, 1.82) is 0 Å². The molecule has 0 saturated heterocycles.